The minimum atomic E-state index is -1.92. The van der Waals surface area contributed by atoms with Crippen molar-refractivity contribution < 1.29 is 58.2 Å². The maximum Gasteiger partial charge on any atom is 0.335 e. The monoisotopic (exact) mass is 969 g/mol. The van der Waals surface area contributed by atoms with Crippen molar-refractivity contribution in [3.05, 3.63) is 85.1 Å². The van der Waals surface area contributed by atoms with E-state index in [1.165, 1.54) is 0 Å². The largest absolute Gasteiger partial charge is 0.479 e. The van der Waals surface area contributed by atoms with Gasteiger partial charge in [0.05, 0.1) is 6.61 Å². The van der Waals surface area contributed by atoms with E-state index in [1.54, 1.807) is 0 Å². The van der Waals surface area contributed by atoms with Crippen molar-refractivity contribution in [2.24, 2.45) is 0 Å². The predicted molar refractivity (Wildman–Crippen MR) is 275 cm³/mol. The summed E-state index contributed by atoms with van der Waals surface area (Å²) >= 11 is 0. The SMILES string of the molecule is CC/C=C\C/C=C\C/C=C\CCCCCC(=O)OC1C(OCC(COC(=O)CCCCCCC/C=C\C/C=C\CCC)OC(=O)CCCCCCC/C=C\C/C=C\CCC)OC(C(=O)O)C(O)C1O. The number of hydrogen-bond donors (Lipinski definition) is 3. The van der Waals surface area contributed by atoms with Crippen LogP contribution in [0.2, 0.25) is 0 Å². The molecule has 1 rings (SSSR count). The molecule has 12 heteroatoms. The average Bonchev–Trinajstić information content (AvgIpc) is 3.33. The summed E-state index contributed by atoms with van der Waals surface area (Å²) in [4.78, 5) is 50.9. The molecule has 3 N–H and O–H groups in total. The minimum absolute atomic E-state index is 0.0188. The number of aliphatic hydroxyl groups is 2. The Kier molecular flexibility index (Phi) is 41.1. The Morgan fingerprint density at radius 1 is 0.493 bits per heavy atom. The molecular weight excluding hydrogens is 877 g/mol. The highest BCUT2D eigenvalue weighted by Gasteiger charge is 2.50. The second kappa shape index (κ2) is 45.1. The van der Waals surface area contributed by atoms with Crippen LogP contribution < -0.4 is 0 Å². The lowest BCUT2D eigenvalue weighted by atomic mass is 9.98. The molecule has 1 heterocycles. The first-order valence-electron chi connectivity index (χ1n) is 26.6. The van der Waals surface area contributed by atoms with E-state index in [2.05, 4.69) is 106 Å². The van der Waals surface area contributed by atoms with Gasteiger partial charge in [0.1, 0.15) is 18.8 Å². The van der Waals surface area contributed by atoms with E-state index in [-0.39, 0.29) is 25.9 Å². The summed E-state index contributed by atoms with van der Waals surface area (Å²) in [7, 11) is 0. The Bertz CT molecular complexity index is 1530. The van der Waals surface area contributed by atoms with Crippen molar-refractivity contribution in [1.82, 2.24) is 0 Å². The van der Waals surface area contributed by atoms with E-state index in [4.69, 9.17) is 23.7 Å². The quantitative estimate of drug-likeness (QED) is 0.0229. The van der Waals surface area contributed by atoms with E-state index in [0.29, 0.717) is 19.3 Å². The summed E-state index contributed by atoms with van der Waals surface area (Å²) < 4.78 is 28.2. The summed E-state index contributed by atoms with van der Waals surface area (Å²) in [5.74, 6) is -3.21. The Morgan fingerprint density at radius 2 is 0.913 bits per heavy atom. The zero-order valence-electron chi connectivity index (χ0n) is 42.8. The maximum absolute atomic E-state index is 13.1. The van der Waals surface area contributed by atoms with Crippen molar-refractivity contribution in [3.8, 4) is 0 Å². The third-order valence-electron chi connectivity index (χ3n) is 11.4. The fourth-order valence-electron chi connectivity index (χ4n) is 7.34. The molecule has 0 aromatic carbocycles. The van der Waals surface area contributed by atoms with Crippen LogP contribution in [0.25, 0.3) is 0 Å². The van der Waals surface area contributed by atoms with E-state index in [9.17, 15) is 34.5 Å². The van der Waals surface area contributed by atoms with Gasteiger partial charge in [-0.1, -0.05) is 164 Å². The number of hydrogen-bond acceptors (Lipinski definition) is 11. The van der Waals surface area contributed by atoms with Gasteiger partial charge in [-0.2, -0.15) is 0 Å². The van der Waals surface area contributed by atoms with Crippen LogP contribution >= 0.6 is 0 Å². The van der Waals surface area contributed by atoms with Crippen LogP contribution in [0.5, 0.6) is 0 Å². The number of carboxylic acid groups (broad SMARTS) is 1. The lowest BCUT2D eigenvalue weighted by Gasteiger charge is -2.40. The Balaban J connectivity index is 2.77. The van der Waals surface area contributed by atoms with Crippen molar-refractivity contribution >= 4 is 23.9 Å². The van der Waals surface area contributed by atoms with Gasteiger partial charge in [-0.25, -0.2) is 4.79 Å². The van der Waals surface area contributed by atoms with Gasteiger partial charge in [0.15, 0.2) is 24.6 Å². The van der Waals surface area contributed by atoms with Gasteiger partial charge < -0.3 is 39.0 Å². The van der Waals surface area contributed by atoms with Gasteiger partial charge in [-0.05, 0) is 103 Å². The molecule has 0 bridgehead atoms. The molecule has 0 spiro atoms. The number of ether oxygens (including phenoxy) is 5. The van der Waals surface area contributed by atoms with Crippen LogP contribution in [-0.4, -0.2) is 89.2 Å². The molecule has 0 aromatic heterocycles. The Labute approximate surface area is 416 Å². The smallest absolute Gasteiger partial charge is 0.335 e. The number of carboxylic acids is 1. The zero-order valence-corrected chi connectivity index (χ0v) is 42.8. The van der Waals surface area contributed by atoms with E-state index >= 15 is 0 Å². The number of aliphatic carboxylic acids is 1. The standard InChI is InChI=1S/C57H92O12/c1-4-7-10-13-16-19-22-25-28-31-34-37-40-43-49(58)65-46-48(67-50(59)44-41-38-35-32-29-26-23-20-17-14-11-8-5-2)47-66-57-55(53(62)52(61)54(69-57)56(63)64)68-51(60)45-42-39-36-33-30-27-24-21-18-15-12-9-6-3/h9-14,18-23,27,30,48,52-55,57,61-62H,4-8,15-17,24-26,28-29,31-47H2,1-3H3,(H,63,64)/b12-9-,13-10-,14-11-,21-18-,22-19-,23-20-,30-27-. The summed E-state index contributed by atoms with van der Waals surface area (Å²) in [5, 5.41) is 31.3. The molecule has 1 aliphatic heterocycles. The molecular formula is C57H92O12. The second-order valence-electron chi connectivity index (χ2n) is 17.8. The molecule has 1 fully saturated rings. The van der Waals surface area contributed by atoms with Crippen LogP contribution in [0.3, 0.4) is 0 Å². The topological polar surface area (TPSA) is 175 Å². The number of allylic oxidation sites excluding steroid dienone is 14. The first-order chi connectivity index (χ1) is 33.6. The average molecular weight is 969 g/mol. The van der Waals surface area contributed by atoms with Crippen LogP contribution in [0.1, 0.15) is 201 Å². The zero-order chi connectivity index (χ0) is 50.4. The molecule has 6 atom stereocenters. The number of esters is 3. The van der Waals surface area contributed by atoms with Crippen molar-refractivity contribution in [2.45, 2.75) is 237 Å². The van der Waals surface area contributed by atoms with Gasteiger partial charge in [0, 0.05) is 19.3 Å². The number of carbonyl (C=O) groups is 4. The van der Waals surface area contributed by atoms with Gasteiger partial charge in [0.2, 0.25) is 0 Å². The first-order valence-corrected chi connectivity index (χ1v) is 26.6. The molecule has 1 saturated heterocycles. The van der Waals surface area contributed by atoms with Crippen molar-refractivity contribution in [3.63, 3.8) is 0 Å². The third kappa shape index (κ3) is 35.6. The molecule has 0 aromatic rings. The Hall–Kier alpha value is -4.10. The van der Waals surface area contributed by atoms with Crippen LogP contribution in [0.4, 0.5) is 0 Å². The second-order valence-corrected chi connectivity index (χ2v) is 17.8. The number of aliphatic hydroxyl groups excluding tert-OH is 2. The minimum Gasteiger partial charge on any atom is -0.479 e. The number of rotatable bonds is 43. The molecule has 0 saturated carbocycles. The molecule has 12 nitrogen and oxygen atoms in total. The fraction of sp³-hybridized carbons (Fsp3) is 0.684. The predicted octanol–water partition coefficient (Wildman–Crippen LogP) is 12.8. The molecule has 392 valence electrons. The van der Waals surface area contributed by atoms with Crippen LogP contribution in [0, 0.1) is 0 Å². The van der Waals surface area contributed by atoms with E-state index < -0.39 is 67.3 Å². The lowest BCUT2D eigenvalue weighted by Crippen LogP contribution is -2.61. The normalized spacial score (nSPS) is 19.3. The maximum atomic E-state index is 13.1. The van der Waals surface area contributed by atoms with Crippen LogP contribution in [0.15, 0.2) is 85.1 Å². The van der Waals surface area contributed by atoms with Gasteiger partial charge in [0.25, 0.3) is 0 Å². The Morgan fingerprint density at radius 3 is 1.41 bits per heavy atom. The van der Waals surface area contributed by atoms with E-state index in [0.717, 1.165) is 141 Å². The van der Waals surface area contributed by atoms with E-state index in [1.807, 2.05) is 0 Å². The number of unbranched alkanes of at least 4 members (excludes halogenated alkanes) is 15. The highest BCUT2D eigenvalue weighted by Crippen LogP contribution is 2.26. The highest BCUT2D eigenvalue weighted by atomic mass is 16.7. The van der Waals surface area contributed by atoms with Crippen LogP contribution in [-0.2, 0) is 42.9 Å². The summed E-state index contributed by atoms with van der Waals surface area (Å²) in [6.07, 6.45) is 44.3. The van der Waals surface area contributed by atoms with Gasteiger partial charge >= 0.3 is 23.9 Å². The lowest BCUT2D eigenvalue weighted by molar-refractivity contribution is -0.301. The molecule has 0 amide bonds. The molecule has 1 aliphatic rings. The van der Waals surface area contributed by atoms with Crippen molar-refractivity contribution in [2.75, 3.05) is 13.2 Å². The first kappa shape index (κ1) is 62.9. The summed E-state index contributed by atoms with van der Waals surface area (Å²) in [5.41, 5.74) is 0. The third-order valence-corrected chi connectivity index (χ3v) is 11.4. The molecule has 69 heavy (non-hydrogen) atoms. The highest BCUT2D eigenvalue weighted by molar-refractivity contribution is 5.74. The molecule has 0 aliphatic carbocycles. The van der Waals surface area contributed by atoms with Gasteiger partial charge in [-0.15, -0.1) is 0 Å². The van der Waals surface area contributed by atoms with Crippen molar-refractivity contribution in [1.29, 1.82) is 0 Å². The number of carbonyl (C=O) groups excluding carboxylic acids is 3. The summed E-state index contributed by atoms with van der Waals surface area (Å²) in [6, 6.07) is 0. The molecule has 6 unspecified atom stereocenters. The van der Waals surface area contributed by atoms with Gasteiger partial charge in [-0.3, -0.25) is 14.4 Å². The summed E-state index contributed by atoms with van der Waals surface area (Å²) in [6.45, 7) is 5.67. The fourth-order valence-corrected chi connectivity index (χ4v) is 7.34. The molecule has 0 radical (unpaired) electrons.